The molecule has 1 unspecified atom stereocenters. The highest BCUT2D eigenvalue weighted by Crippen LogP contribution is 2.34. The average Bonchev–Trinajstić information content (AvgIpc) is 4.03. The SMILES string of the molecule is CN[C@@H](C)C(=O)N[C@@H](C(=O)N1C[C@@H](NC(=O)c2cccc(C(=O)N[C@H]3C[C@@H](C(=O)N[C@@H]4CCCc5ccccc54)N(C(=O)[C@H](NC(=O)[C@H](C)NC)C(C)(C)C)C3)n2)CC1C(=O)N[C@@H]1CCCc2ccccc21)C(C)(C)C.Cl.Cl. The van der Waals surface area contributed by atoms with Crippen molar-refractivity contribution in [3.05, 3.63) is 100 Å². The summed E-state index contributed by atoms with van der Waals surface area (Å²) in [5.74, 6) is -3.72. The number of nitrogens with one attached hydrogen (secondary N) is 8. The number of carbonyl (C=O) groups is 8. The molecule has 78 heavy (non-hydrogen) atoms. The number of hydrogen-bond acceptors (Lipinski definition) is 11. The van der Waals surface area contributed by atoms with Crippen molar-refractivity contribution < 1.29 is 38.4 Å². The van der Waals surface area contributed by atoms with Gasteiger partial charge in [-0.1, -0.05) is 96.1 Å². The van der Waals surface area contributed by atoms with Crippen LogP contribution in [-0.4, -0.2) is 138 Å². The lowest BCUT2D eigenvalue weighted by molar-refractivity contribution is -0.144. The number of rotatable bonds is 16. The van der Waals surface area contributed by atoms with E-state index in [0.29, 0.717) is 0 Å². The summed E-state index contributed by atoms with van der Waals surface area (Å²) in [5.41, 5.74) is 2.67. The van der Waals surface area contributed by atoms with Gasteiger partial charge in [-0.25, -0.2) is 4.98 Å². The molecule has 426 valence electrons. The predicted octanol–water partition coefficient (Wildman–Crippen LogP) is 3.99. The van der Waals surface area contributed by atoms with Gasteiger partial charge in [0.2, 0.25) is 35.4 Å². The maximum atomic E-state index is 14.7. The van der Waals surface area contributed by atoms with Crippen molar-refractivity contribution in [3.8, 4) is 0 Å². The summed E-state index contributed by atoms with van der Waals surface area (Å²) in [7, 11) is 3.29. The van der Waals surface area contributed by atoms with E-state index in [9.17, 15) is 38.4 Å². The molecule has 19 nitrogen and oxygen atoms in total. The zero-order valence-electron chi connectivity index (χ0n) is 46.6. The quantitative estimate of drug-likeness (QED) is 0.102. The van der Waals surface area contributed by atoms with Crippen LogP contribution in [0, 0.1) is 10.8 Å². The lowest BCUT2D eigenvalue weighted by Gasteiger charge is -2.36. The molecule has 7 rings (SSSR count). The van der Waals surface area contributed by atoms with Crippen LogP contribution >= 0.6 is 24.8 Å². The number of halogens is 2. The van der Waals surface area contributed by atoms with Crippen LogP contribution in [0.4, 0.5) is 0 Å². The van der Waals surface area contributed by atoms with E-state index in [1.807, 2.05) is 77.9 Å². The maximum absolute atomic E-state index is 14.7. The zero-order valence-corrected chi connectivity index (χ0v) is 48.3. The maximum Gasteiger partial charge on any atom is 0.270 e. The van der Waals surface area contributed by atoms with Crippen LogP contribution in [0.25, 0.3) is 0 Å². The highest BCUT2D eigenvalue weighted by molar-refractivity contribution is 5.98. The summed E-state index contributed by atoms with van der Waals surface area (Å²) in [6, 6.07) is 13.2. The average molecular weight is 1120 g/mol. The summed E-state index contributed by atoms with van der Waals surface area (Å²) in [5, 5.41) is 24.0. The van der Waals surface area contributed by atoms with Crippen molar-refractivity contribution in [2.45, 2.75) is 167 Å². The van der Waals surface area contributed by atoms with E-state index < -0.39 is 82.8 Å². The molecule has 2 fully saturated rings. The monoisotopic (exact) mass is 1120 g/mol. The van der Waals surface area contributed by atoms with Crippen molar-refractivity contribution in [2.24, 2.45) is 10.8 Å². The number of amides is 8. The first-order valence-corrected chi connectivity index (χ1v) is 26.9. The van der Waals surface area contributed by atoms with Crippen LogP contribution in [0.15, 0.2) is 66.7 Å². The summed E-state index contributed by atoms with van der Waals surface area (Å²) >= 11 is 0. The Bertz CT molecular complexity index is 2500. The smallest absolute Gasteiger partial charge is 0.270 e. The number of hydrogen-bond donors (Lipinski definition) is 8. The second-order valence-corrected chi connectivity index (χ2v) is 23.2. The number of carbonyl (C=O) groups excluding carboxylic acids is 8. The first kappa shape index (κ1) is 62.7. The Kier molecular flexibility index (Phi) is 21.4. The molecule has 8 amide bonds. The van der Waals surface area contributed by atoms with Crippen molar-refractivity contribution >= 4 is 72.1 Å². The third kappa shape index (κ3) is 14.7. The van der Waals surface area contributed by atoms with Crippen LogP contribution in [0.2, 0.25) is 0 Å². The van der Waals surface area contributed by atoms with Gasteiger partial charge in [0, 0.05) is 25.2 Å². The molecule has 2 aliphatic carbocycles. The number of benzene rings is 2. The lowest BCUT2D eigenvalue weighted by atomic mass is 9.85. The molecule has 0 spiro atoms. The Morgan fingerprint density at radius 2 is 0.910 bits per heavy atom. The molecule has 0 bridgehead atoms. The van der Waals surface area contributed by atoms with Crippen LogP contribution in [0.5, 0.6) is 0 Å². The van der Waals surface area contributed by atoms with Crippen LogP contribution < -0.4 is 42.5 Å². The normalized spacial score (nSPS) is 22.3. The number of nitrogens with zero attached hydrogens (tertiary/aromatic N) is 3. The van der Waals surface area contributed by atoms with Crippen LogP contribution in [-0.2, 0) is 41.6 Å². The first-order valence-electron chi connectivity index (χ1n) is 26.9. The van der Waals surface area contributed by atoms with Gasteiger partial charge in [0.1, 0.15) is 35.6 Å². The van der Waals surface area contributed by atoms with Gasteiger partial charge in [-0.3, -0.25) is 38.4 Å². The van der Waals surface area contributed by atoms with Crippen molar-refractivity contribution in [1.82, 2.24) is 57.3 Å². The minimum Gasteiger partial charge on any atom is -0.347 e. The van der Waals surface area contributed by atoms with Crippen molar-refractivity contribution in [3.63, 3.8) is 0 Å². The molecule has 3 aromatic rings. The van der Waals surface area contributed by atoms with E-state index in [1.165, 1.54) is 28.0 Å². The van der Waals surface area contributed by atoms with Gasteiger partial charge in [-0.15, -0.1) is 24.8 Å². The predicted molar refractivity (Wildman–Crippen MR) is 302 cm³/mol. The van der Waals surface area contributed by atoms with E-state index in [2.05, 4.69) is 59.7 Å². The third-order valence-corrected chi connectivity index (χ3v) is 15.5. The molecule has 3 heterocycles. The van der Waals surface area contributed by atoms with E-state index in [0.717, 1.165) is 60.8 Å². The minimum atomic E-state index is -1.01. The molecule has 10 atom stereocenters. The van der Waals surface area contributed by atoms with Gasteiger partial charge in [0.05, 0.1) is 24.2 Å². The molecule has 1 aromatic heterocycles. The fourth-order valence-electron chi connectivity index (χ4n) is 10.8. The summed E-state index contributed by atoms with van der Waals surface area (Å²) in [6.45, 7) is 14.3. The van der Waals surface area contributed by atoms with Crippen molar-refractivity contribution in [2.75, 3.05) is 27.2 Å². The van der Waals surface area contributed by atoms with Gasteiger partial charge in [0.15, 0.2) is 0 Å². The second kappa shape index (κ2) is 26.7. The molecular weight excluding hydrogens is 1040 g/mol. The van der Waals surface area contributed by atoms with E-state index in [4.69, 9.17) is 0 Å². The van der Waals surface area contributed by atoms with Crippen molar-refractivity contribution in [1.29, 1.82) is 0 Å². The van der Waals surface area contributed by atoms with E-state index in [1.54, 1.807) is 27.9 Å². The Morgan fingerprint density at radius 3 is 1.27 bits per heavy atom. The number of pyridine rings is 1. The minimum absolute atomic E-state index is 0. The van der Waals surface area contributed by atoms with E-state index >= 15 is 0 Å². The highest BCUT2D eigenvalue weighted by atomic mass is 35.5. The van der Waals surface area contributed by atoms with Gasteiger partial charge in [0.25, 0.3) is 11.8 Å². The number of likely N-dealkylation sites (tertiary alicyclic amines) is 2. The molecular formula is C57H81Cl2N11O8. The fourth-order valence-corrected chi connectivity index (χ4v) is 10.8. The molecule has 0 saturated carbocycles. The number of likely N-dealkylation sites (N-methyl/N-ethyl adjacent to an activating group) is 2. The summed E-state index contributed by atoms with van der Waals surface area (Å²) < 4.78 is 0. The molecule has 2 aromatic carbocycles. The Morgan fingerprint density at radius 1 is 0.538 bits per heavy atom. The number of aromatic nitrogens is 1. The molecule has 0 radical (unpaired) electrons. The molecule has 2 saturated heterocycles. The number of fused-ring (bicyclic) bond motifs is 2. The topological polar surface area (TPSA) is 252 Å². The third-order valence-electron chi connectivity index (χ3n) is 15.5. The standard InChI is InChI=1S/C57H79N11O8.2ClH/c1-32(58-9)48(69)65-46(56(3,4)5)54(75)67-30-36(28-44(67)52(73)63-40-24-15-20-34-18-11-13-22-38(34)40)60-50(71)42-26-17-27-43(62-42)51(72)61-37-29-45(53(74)64-41-25-16-21-35-19-12-14-23-39(35)41)68(31-37)55(76)47(57(6,7)8)66-49(70)33(2)59-10;;/h11-14,17-19,22-23,26-27,32-33,36-37,40-41,44-47,58-59H,15-16,20-21,24-25,28-31H2,1-10H3,(H,60,71)(H,61,72)(H,63,73)(H,64,74)(H,65,69)(H,66,70);2*1H/t32-,33-,36-,37-,40+,41+,44-,45?,46-,47-;;/m0../s1. The highest BCUT2D eigenvalue weighted by Gasteiger charge is 2.48. The summed E-state index contributed by atoms with van der Waals surface area (Å²) in [6.07, 6.45) is 5.13. The Balaban J connectivity index is 0.00000560. The molecule has 21 heteroatoms. The van der Waals surface area contributed by atoms with Gasteiger partial charge in [-0.05, 0) is 125 Å². The largest absolute Gasteiger partial charge is 0.347 e. The van der Waals surface area contributed by atoms with Crippen LogP contribution in [0.3, 0.4) is 0 Å². The Labute approximate surface area is 471 Å². The zero-order chi connectivity index (χ0) is 55.2. The summed E-state index contributed by atoms with van der Waals surface area (Å²) in [4.78, 5) is 120. The van der Waals surface area contributed by atoms with E-state index in [-0.39, 0.29) is 97.8 Å². The molecule has 4 aliphatic rings. The first-order chi connectivity index (χ1) is 36.0. The second-order valence-electron chi connectivity index (χ2n) is 23.2. The Hall–Kier alpha value is -6.15. The number of aryl methyl sites for hydroxylation is 2. The molecule has 8 N–H and O–H groups in total. The van der Waals surface area contributed by atoms with Crippen LogP contribution in [0.1, 0.15) is 149 Å². The van der Waals surface area contributed by atoms with Gasteiger partial charge < -0.3 is 52.3 Å². The van der Waals surface area contributed by atoms with Gasteiger partial charge >= 0.3 is 0 Å². The van der Waals surface area contributed by atoms with Gasteiger partial charge in [-0.2, -0.15) is 0 Å². The fraction of sp³-hybridized carbons (Fsp3) is 0.561. The molecule has 2 aliphatic heterocycles. The lowest BCUT2D eigenvalue weighted by Crippen LogP contribution is -2.59.